The first-order valence-electron chi connectivity index (χ1n) is 12.0. The molecule has 1 atom stereocenters. The van der Waals surface area contributed by atoms with Gasteiger partial charge in [0.2, 0.25) is 15.9 Å². The van der Waals surface area contributed by atoms with Crippen molar-refractivity contribution in [2.45, 2.75) is 43.0 Å². The monoisotopic (exact) mass is 485 g/mol. The second-order valence-corrected chi connectivity index (χ2v) is 11.0. The maximum absolute atomic E-state index is 13.0. The summed E-state index contributed by atoms with van der Waals surface area (Å²) in [6, 6.07) is 12.7. The van der Waals surface area contributed by atoms with E-state index in [1.54, 1.807) is 28.6 Å². The van der Waals surface area contributed by atoms with Crippen LogP contribution in [0.1, 0.15) is 43.7 Å². The lowest BCUT2D eigenvalue weighted by Crippen LogP contribution is -2.35. The van der Waals surface area contributed by atoms with Gasteiger partial charge in [0.1, 0.15) is 13.2 Å². The number of anilines is 1. The molecule has 0 bridgehead atoms. The number of nitrogens with one attached hydrogen (secondary N) is 1. The van der Waals surface area contributed by atoms with E-state index in [1.807, 2.05) is 18.2 Å². The third kappa shape index (κ3) is 4.92. The molecule has 9 heteroatoms. The number of hydrogen-bond acceptors (Lipinski definition) is 6. The molecule has 2 fully saturated rings. The van der Waals surface area contributed by atoms with Gasteiger partial charge in [-0.05, 0) is 68.1 Å². The van der Waals surface area contributed by atoms with Crippen molar-refractivity contribution >= 4 is 21.6 Å². The molecule has 0 spiro atoms. The lowest BCUT2D eigenvalue weighted by atomic mass is 10.0. The van der Waals surface area contributed by atoms with E-state index in [1.165, 1.54) is 0 Å². The van der Waals surface area contributed by atoms with E-state index in [9.17, 15) is 13.2 Å². The van der Waals surface area contributed by atoms with Crippen LogP contribution in [0.25, 0.3) is 0 Å². The zero-order valence-corrected chi connectivity index (χ0v) is 20.1. The Labute approximate surface area is 200 Å². The highest BCUT2D eigenvalue weighted by Crippen LogP contribution is 2.38. The second-order valence-electron chi connectivity index (χ2n) is 9.07. The van der Waals surface area contributed by atoms with Gasteiger partial charge in [0.05, 0.1) is 11.4 Å². The van der Waals surface area contributed by atoms with Crippen LogP contribution >= 0.6 is 0 Å². The van der Waals surface area contributed by atoms with Gasteiger partial charge in [-0.25, -0.2) is 8.42 Å². The van der Waals surface area contributed by atoms with Crippen molar-refractivity contribution < 1.29 is 22.7 Å². The highest BCUT2D eigenvalue weighted by atomic mass is 32.2. The molecule has 8 nitrogen and oxygen atoms in total. The normalized spacial score (nSPS) is 21.4. The van der Waals surface area contributed by atoms with Crippen molar-refractivity contribution in [2.75, 3.05) is 44.7 Å². The predicted molar refractivity (Wildman–Crippen MR) is 129 cm³/mol. The van der Waals surface area contributed by atoms with Crippen molar-refractivity contribution in [3.05, 3.63) is 48.0 Å². The van der Waals surface area contributed by atoms with E-state index in [0.717, 1.165) is 55.7 Å². The minimum absolute atomic E-state index is 0.132. The summed E-state index contributed by atoms with van der Waals surface area (Å²) in [5, 5.41) is 2.90. The van der Waals surface area contributed by atoms with Crippen LogP contribution in [0.4, 0.5) is 5.69 Å². The minimum atomic E-state index is -3.55. The Morgan fingerprint density at radius 2 is 1.74 bits per heavy atom. The Kier molecular flexibility index (Phi) is 6.76. The van der Waals surface area contributed by atoms with Gasteiger partial charge in [-0.1, -0.05) is 18.6 Å². The zero-order chi connectivity index (χ0) is 23.5. The van der Waals surface area contributed by atoms with Crippen LogP contribution in [0.15, 0.2) is 47.4 Å². The van der Waals surface area contributed by atoms with Crippen LogP contribution in [-0.2, 0) is 14.8 Å². The van der Waals surface area contributed by atoms with E-state index < -0.39 is 10.0 Å². The molecule has 2 saturated heterocycles. The summed E-state index contributed by atoms with van der Waals surface area (Å²) in [6.45, 7) is 3.27. The van der Waals surface area contributed by atoms with Crippen molar-refractivity contribution in [1.29, 1.82) is 0 Å². The summed E-state index contributed by atoms with van der Waals surface area (Å²) in [6.07, 6.45) is 4.81. The number of hydrogen-bond donors (Lipinski definition) is 1. The SMILES string of the molecule is O=C(CN1CCCC1c1ccc2c(c1)OCCO2)Nc1cccc(S(=O)(=O)N2CCCCC2)c1. The molecule has 34 heavy (non-hydrogen) atoms. The van der Waals surface area contributed by atoms with Gasteiger partial charge in [-0.15, -0.1) is 0 Å². The van der Waals surface area contributed by atoms with Crippen LogP contribution in [0.3, 0.4) is 0 Å². The molecule has 3 heterocycles. The fraction of sp³-hybridized carbons (Fsp3) is 0.480. The standard InChI is InChI=1S/C25H31N3O5S/c29-25(26-20-6-4-7-21(17-20)34(30,31)28-12-2-1-3-13-28)18-27-11-5-8-22(27)19-9-10-23-24(16-19)33-15-14-32-23/h4,6-7,9-10,16-17,22H,1-3,5,8,11-15,18H2,(H,26,29). The van der Waals surface area contributed by atoms with E-state index in [2.05, 4.69) is 10.2 Å². The van der Waals surface area contributed by atoms with Gasteiger partial charge >= 0.3 is 0 Å². The first-order chi connectivity index (χ1) is 16.5. The summed E-state index contributed by atoms with van der Waals surface area (Å²) in [4.78, 5) is 15.3. The lowest BCUT2D eigenvalue weighted by Gasteiger charge is -2.26. The first kappa shape index (κ1) is 23.1. The third-order valence-corrected chi connectivity index (χ3v) is 8.63. The van der Waals surface area contributed by atoms with Crippen molar-refractivity contribution in [3.8, 4) is 11.5 Å². The Balaban J connectivity index is 1.25. The fourth-order valence-electron chi connectivity index (χ4n) is 5.03. The number of fused-ring (bicyclic) bond motifs is 1. The molecular weight excluding hydrogens is 454 g/mol. The predicted octanol–water partition coefficient (Wildman–Crippen LogP) is 3.41. The number of sulfonamides is 1. The Morgan fingerprint density at radius 1 is 0.941 bits per heavy atom. The van der Waals surface area contributed by atoms with Gasteiger partial charge in [0.15, 0.2) is 11.5 Å². The number of carbonyl (C=O) groups excluding carboxylic acids is 1. The van der Waals surface area contributed by atoms with E-state index >= 15 is 0 Å². The molecule has 182 valence electrons. The molecule has 0 radical (unpaired) electrons. The molecule has 1 N–H and O–H groups in total. The molecule has 0 aliphatic carbocycles. The number of carbonyl (C=O) groups is 1. The van der Waals surface area contributed by atoms with Crippen LogP contribution in [0.5, 0.6) is 11.5 Å². The number of piperidine rings is 1. The first-order valence-corrected chi connectivity index (χ1v) is 13.5. The van der Waals surface area contributed by atoms with Crippen molar-refractivity contribution in [1.82, 2.24) is 9.21 Å². The molecule has 2 aromatic carbocycles. The van der Waals surface area contributed by atoms with E-state index in [4.69, 9.17) is 9.47 Å². The largest absolute Gasteiger partial charge is 0.486 e. The number of rotatable bonds is 6. The highest BCUT2D eigenvalue weighted by molar-refractivity contribution is 7.89. The Bertz CT molecular complexity index is 1150. The van der Waals surface area contributed by atoms with Crippen LogP contribution in [-0.4, -0.2) is 62.9 Å². The Morgan fingerprint density at radius 3 is 2.56 bits per heavy atom. The Hall–Kier alpha value is -2.62. The molecule has 0 aromatic heterocycles. The maximum Gasteiger partial charge on any atom is 0.243 e. The molecular formula is C25H31N3O5S. The summed E-state index contributed by atoms with van der Waals surface area (Å²) in [7, 11) is -3.55. The topological polar surface area (TPSA) is 88.2 Å². The zero-order valence-electron chi connectivity index (χ0n) is 19.2. The molecule has 3 aliphatic heterocycles. The van der Waals surface area contributed by atoms with Gasteiger partial charge in [0, 0.05) is 24.8 Å². The van der Waals surface area contributed by atoms with Crippen molar-refractivity contribution in [3.63, 3.8) is 0 Å². The number of ether oxygens (including phenoxy) is 2. The van der Waals surface area contributed by atoms with Gasteiger partial charge in [-0.2, -0.15) is 4.31 Å². The molecule has 1 unspecified atom stereocenters. The minimum Gasteiger partial charge on any atom is -0.486 e. The van der Waals surface area contributed by atoms with Crippen LogP contribution in [0.2, 0.25) is 0 Å². The molecule has 5 rings (SSSR count). The van der Waals surface area contributed by atoms with Gasteiger partial charge in [-0.3, -0.25) is 9.69 Å². The smallest absolute Gasteiger partial charge is 0.243 e. The van der Waals surface area contributed by atoms with Gasteiger partial charge in [0.25, 0.3) is 0 Å². The highest BCUT2D eigenvalue weighted by Gasteiger charge is 2.29. The fourth-order valence-corrected chi connectivity index (χ4v) is 6.60. The number of likely N-dealkylation sites (tertiary alicyclic amines) is 1. The second kappa shape index (κ2) is 9.93. The van der Waals surface area contributed by atoms with Crippen LogP contribution < -0.4 is 14.8 Å². The quantitative estimate of drug-likeness (QED) is 0.675. The molecule has 0 saturated carbocycles. The van der Waals surface area contributed by atoms with E-state index in [-0.39, 0.29) is 23.4 Å². The summed E-state index contributed by atoms with van der Waals surface area (Å²) in [5.41, 5.74) is 1.61. The third-order valence-electron chi connectivity index (χ3n) is 6.73. The van der Waals surface area contributed by atoms with E-state index in [0.29, 0.717) is 32.0 Å². The molecule has 1 amide bonds. The maximum atomic E-state index is 13.0. The summed E-state index contributed by atoms with van der Waals surface area (Å²) in [5.74, 6) is 1.36. The van der Waals surface area contributed by atoms with Gasteiger partial charge < -0.3 is 14.8 Å². The summed E-state index contributed by atoms with van der Waals surface area (Å²) < 4.78 is 38.9. The average Bonchev–Trinajstić information content (AvgIpc) is 3.32. The van der Waals surface area contributed by atoms with Crippen LogP contribution in [0, 0.1) is 0 Å². The molecule has 3 aliphatic rings. The number of benzene rings is 2. The number of nitrogens with zero attached hydrogens (tertiary/aromatic N) is 2. The van der Waals surface area contributed by atoms with Crippen molar-refractivity contribution in [2.24, 2.45) is 0 Å². The molecule has 2 aromatic rings. The number of amides is 1. The lowest BCUT2D eigenvalue weighted by molar-refractivity contribution is -0.117. The summed E-state index contributed by atoms with van der Waals surface area (Å²) >= 11 is 0. The average molecular weight is 486 g/mol.